The van der Waals surface area contributed by atoms with Crippen LogP contribution in [0.25, 0.3) is 0 Å². The molecule has 0 saturated heterocycles. The van der Waals surface area contributed by atoms with Gasteiger partial charge in [-0.25, -0.2) is 8.78 Å². The van der Waals surface area contributed by atoms with E-state index in [4.69, 9.17) is 4.74 Å². The molecule has 0 amide bonds. The lowest BCUT2D eigenvalue weighted by Gasteiger charge is -2.03. The van der Waals surface area contributed by atoms with Crippen LogP contribution in [0.3, 0.4) is 0 Å². The minimum absolute atomic E-state index is 0.0688. The number of hydrogen-bond donors (Lipinski definition) is 0. The Bertz CT molecular complexity index is 522. The number of rotatable bonds is 3. The van der Waals surface area contributed by atoms with Gasteiger partial charge < -0.3 is 4.74 Å². The highest BCUT2D eigenvalue weighted by Crippen LogP contribution is 2.30. The summed E-state index contributed by atoms with van der Waals surface area (Å²) < 4.78 is 31.0. The lowest BCUT2D eigenvalue weighted by Crippen LogP contribution is -1.87. The van der Waals surface area contributed by atoms with Crippen LogP contribution in [0.4, 0.5) is 8.78 Å². The van der Waals surface area contributed by atoms with E-state index in [1.807, 2.05) is 0 Å². The fourth-order valence-corrected chi connectivity index (χ4v) is 1.80. The summed E-state index contributed by atoms with van der Waals surface area (Å²) in [5.41, 5.74) is 0. The fourth-order valence-electron chi connectivity index (χ4n) is 1.12. The first-order valence-corrected chi connectivity index (χ1v) is 5.18. The summed E-state index contributed by atoms with van der Waals surface area (Å²) in [4.78, 5) is 10.9. The second-order valence-corrected chi connectivity index (χ2v) is 4.03. The molecule has 5 heteroatoms. The highest BCUT2D eigenvalue weighted by Gasteiger charge is 2.07. The summed E-state index contributed by atoms with van der Waals surface area (Å²) >= 11 is 1.09. The molecule has 1 aromatic heterocycles. The van der Waals surface area contributed by atoms with Crippen LogP contribution in [0.1, 0.15) is 9.67 Å². The molecule has 0 aliphatic carbocycles. The Morgan fingerprint density at radius 2 is 2.00 bits per heavy atom. The molecule has 0 spiro atoms. The first-order chi connectivity index (χ1) is 7.69. The Morgan fingerprint density at radius 1 is 1.19 bits per heavy atom. The highest BCUT2D eigenvalue weighted by molar-refractivity contribution is 7.15. The molecule has 1 heterocycles. The number of aldehydes is 1. The van der Waals surface area contributed by atoms with Gasteiger partial charge in [-0.05, 0) is 24.3 Å². The van der Waals surface area contributed by atoms with Crippen molar-refractivity contribution in [3.63, 3.8) is 0 Å². The first kappa shape index (κ1) is 10.8. The SMILES string of the molecule is O=Cc1ccc(Oc2ccc(F)cc2F)s1. The molecule has 0 unspecified atom stereocenters. The van der Waals surface area contributed by atoms with Crippen molar-refractivity contribution >= 4 is 17.6 Å². The molecule has 0 aliphatic rings. The maximum atomic E-state index is 13.2. The van der Waals surface area contributed by atoms with Gasteiger partial charge in [-0.2, -0.15) is 0 Å². The molecule has 2 nitrogen and oxygen atoms in total. The number of carbonyl (C=O) groups is 1. The minimum atomic E-state index is -0.777. The van der Waals surface area contributed by atoms with E-state index in [9.17, 15) is 13.6 Å². The van der Waals surface area contributed by atoms with E-state index >= 15 is 0 Å². The van der Waals surface area contributed by atoms with Gasteiger partial charge in [-0.15, -0.1) is 0 Å². The number of carbonyl (C=O) groups excluding carboxylic acids is 1. The standard InChI is InChI=1S/C11H6F2O2S/c12-7-1-3-10(9(13)5-7)15-11-4-2-8(6-14)16-11/h1-6H. The molecule has 1 aromatic carbocycles. The highest BCUT2D eigenvalue weighted by atomic mass is 32.1. The quantitative estimate of drug-likeness (QED) is 0.766. The normalized spacial score (nSPS) is 10.1. The van der Waals surface area contributed by atoms with Crippen molar-refractivity contribution in [3.8, 4) is 10.8 Å². The molecule has 0 saturated carbocycles. The van der Waals surface area contributed by atoms with Gasteiger partial charge in [0.05, 0.1) is 4.88 Å². The zero-order valence-corrected chi connectivity index (χ0v) is 8.76. The van der Waals surface area contributed by atoms with Gasteiger partial charge in [0.25, 0.3) is 0 Å². The smallest absolute Gasteiger partial charge is 0.181 e. The van der Waals surface area contributed by atoms with E-state index in [0.717, 1.165) is 23.5 Å². The molecule has 0 fully saturated rings. The fraction of sp³-hybridized carbons (Fsp3) is 0. The van der Waals surface area contributed by atoms with Crippen LogP contribution in [0.15, 0.2) is 30.3 Å². The minimum Gasteiger partial charge on any atom is -0.444 e. The summed E-state index contributed by atoms with van der Waals surface area (Å²) in [6.45, 7) is 0. The number of ether oxygens (including phenoxy) is 1. The summed E-state index contributed by atoms with van der Waals surface area (Å²) in [7, 11) is 0. The zero-order valence-electron chi connectivity index (χ0n) is 7.94. The Hall–Kier alpha value is -1.75. The predicted molar refractivity (Wildman–Crippen MR) is 56.1 cm³/mol. The summed E-state index contributed by atoms with van der Waals surface area (Å²) in [6, 6.07) is 6.16. The maximum absolute atomic E-state index is 13.2. The van der Waals surface area contributed by atoms with Crippen LogP contribution in [-0.4, -0.2) is 6.29 Å². The predicted octanol–water partition coefficient (Wildman–Crippen LogP) is 3.63. The van der Waals surface area contributed by atoms with Gasteiger partial charge in [0.2, 0.25) is 0 Å². The number of thiophene rings is 1. The third-order valence-corrected chi connectivity index (χ3v) is 2.71. The third kappa shape index (κ3) is 2.25. The monoisotopic (exact) mass is 240 g/mol. The molecule has 16 heavy (non-hydrogen) atoms. The topological polar surface area (TPSA) is 26.3 Å². The Kier molecular flexibility index (Phi) is 2.96. The average molecular weight is 240 g/mol. The largest absolute Gasteiger partial charge is 0.444 e. The number of hydrogen-bond acceptors (Lipinski definition) is 3. The second kappa shape index (κ2) is 4.40. The van der Waals surface area contributed by atoms with E-state index in [1.165, 1.54) is 6.07 Å². The Morgan fingerprint density at radius 3 is 2.62 bits per heavy atom. The molecule has 0 aliphatic heterocycles. The van der Waals surface area contributed by atoms with Crippen molar-refractivity contribution in [2.45, 2.75) is 0 Å². The van der Waals surface area contributed by atoms with Crippen molar-refractivity contribution in [2.75, 3.05) is 0 Å². The van der Waals surface area contributed by atoms with Crippen LogP contribution in [0.5, 0.6) is 10.8 Å². The van der Waals surface area contributed by atoms with Crippen molar-refractivity contribution in [1.29, 1.82) is 0 Å². The average Bonchev–Trinajstić information content (AvgIpc) is 2.70. The van der Waals surface area contributed by atoms with E-state index in [1.54, 1.807) is 12.1 Å². The zero-order chi connectivity index (χ0) is 11.5. The van der Waals surface area contributed by atoms with E-state index < -0.39 is 11.6 Å². The van der Waals surface area contributed by atoms with Crippen molar-refractivity contribution in [1.82, 2.24) is 0 Å². The van der Waals surface area contributed by atoms with Gasteiger partial charge in [0, 0.05) is 6.07 Å². The van der Waals surface area contributed by atoms with Gasteiger partial charge in [-0.3, -0.25) is 4.79 Å². The molecule has 0 atom stereocenters. The Balaban J connectivity index is 2.23. The van der Waals surface area contributed by atoms with Crippen LogP contribution >= 0.6 is 11.3 Å². The molecule has 0 bridgehead atoms. The lowest BCUT2D eigenvalue weighted by atomic mass is 10.3. The third-order valence-electron chi connectivity index (χ3n) is 1.82. The van der Waals surface area contributed by atoms with Crippen molar-refractivity contribution in [2.24, 2.45) is 0 Å². The number of halogens is 2. The molecule has 0 radical (unpaired) electrons. The maximum Gasteiger partial charge on any atom is 0.181 e. The van der Waals surface area contributed by atoms with Crippen LogP contribution in [0.2, 0.25) is 0 Å². The lowest BCUT2D eigenvalue weighted by molar-refractivity contribution is 0.112. The van der Waals surface area contributed by atoms with Crippen molar-refractivity contribution in [3.05, 3.63) is 46.8 Å². The van der Waals surface area contributed by atoms with E-state index in [0.29, 0.717) is 16.2 Å². The first-order valence-electron chi connectivity index (χ1n) is 4.37. The molecule has 2 aromatic rings. The van der Waals surface area contributed by atoms with Gasteiger partial charge >= 0.3 is 0 Å². The van der Waals surface area contributed by atoms with Crippen LogP contribution in [-0.2, 0) is 0 Å². The molecular formula is C11H6F2O2S. The molecule has 0 N–H and O–H groups in total. The Labute approximate surface area is 94.1 Å². The van der Waals surface area contributed by atoms with Gasteiger partial charge in [0.15, 0.2) is 22.9 Å². The summed E-state index contributed by atoms with van der Waals surface area (Å²) in [6.07, 6.45) is 0.679. The molecular weight excluding hydrogens is 234 g/mol. The van der Waals surface area contributed by atoms with E-state index in [2.05, 4.69) is 0 Å². The number of benzene rings is 1. The van der Waals surface area contributed by atoms with Gasteiger partial charge in [0.1, 0.15) is 5.82 Å². The van der Waals surface area contributed by atoms with Crippen LogP contribution < -0.4 is 4.74 Å². The van der Waals surface area contributed by atoms with Crippen LogP contribution in [0, 0.1) is 11.6 Å². The summed E-state index contributed by atoms with van der Waals surface area (Å²) in [5, 5.41) is 0.382. The molecule has 82 valence electrons. The van der Waals surface area contributed by atoms with Crippen molar-refractivity contribution < 1.29 is 18.3 Å². The summed E-state index contributed by atoms with van der Waals surface area (Å²) in [5.74, 6) is -1.51. The second-order valence-electron chi connectivity index (χ2n) is 2.95. The molecule has 2 rings (SSSR count). The van der Waals surface area contributed by atoms with E-state index in [-0.39, 0.29) is 5.75 Å². The van der Waals surface area contributed by atoms with Gasteiger partial charge in [-0.1, -0.05) is 11.3 Å².